The van der Waals surface area contributed by atoms with Crippen LogP contribution in [0.2, 0.25) is 5.02 Å². The summed E-state index contributed by atoms with van der Waals surface area (Å²) in [7, 11) is 1.32. The zero-order valence-electron chi connectivity index (χ0n) is 16.6. The highest BCUT2D eigenvalue weighted by Gasteiger charge is 2.30. The largest absolute Gasteiger partial charge is 0.495 e. The van der Waals surface area contributed by atoms with Gasteiger partial charge >= 0.3 is 0 Å². The van der Waals surface area contributed by atoms with Gasteiger partial charge in [-0.05, 0) is 43.2 Å². The van der Waals surface area contributed by atoms with E-state index < -0.39 is 15.9 Å². The van der Waals surface area contributed by atoms with Gasteiger partial charge in [0.2, 0.25) is 10.0 Å². The van der Waals surface area contributed by atoms with Crippen molar-refractivity contribution in [2.45, 2.75) is 17.7 Å². The number of benzene rings is 2. The SMILES string of the molecule is COc1ccc(C(=O)Nc2cccc(Cl)c2N(C)C)cc1S(=O)(=O)N1CCCC1. The Morgan fingerprint density at radius 2 is 1.86 bits per heavy atom. The van der Waals surface area contributed by atoms with Gasteiger partial charge in [-0.15, -0.1) is 0 Å². The Kier molecular flexibility index (Phi) is 6.36. The van der Waals surface area contributed by atoms with Crippen LogP contribution in [0.15, 0.2) is 41.3 Å². The van der Waals surface area contributed by atoms with Crippen molar-refractivity contribution in [3.63, 3.8) is 0 Å². The summed E-state index contributed by atoms with van der Waals surface area (Å²) in [6.07, 6.45) is 1.65. The summed E-state index contributed by atoms with van der Waals surface area (Å²) < 4.78 is 32.7. The fourth-order valence-electron chi connectivity index (χ4n) is 3.35. The molecule has 1 amide bonds. The summed E-state index contributed by atoms with van der Waals surface area (Å²) in [5.74, 6) is -0.221. The maximum Gasteiger partial charge on any atom is 0.255 e. The van der Waals surface area contributed by atoms with Crippen molar-refractivity contribution in [3.8, 4) is 5.75 Å². The molecular formula is C20H24ClN3O4S. The monoisotopic (exact) mass is 437 g/mol. The Balaban J connectivity index is 1.96. The summed E-state index contributed by atoms with van der Waals surface area (Å²) in [6, 6.07) is 9.62. The molecule has 0 saturated carbocycles. The highest BCUT2D eigenvalue weighted by molar-refractivity contribution is 7.89. The Morgan fingerprint density at radius 3 is 2.48 bits per heavy atom. The van der Waals surface area contributed by atoms with E-state index in [2.05, 4.69) is 5.32 Å². The third-order valence-electron chi connectivity index (χ3n) is 4.79. The second-order valence-electron chi connectivity index (χ2n) is 6.96. The normalized spacial score (nSPS) is 14.6. The maximum absolute atomic E-state index is 13.0. The average Bonchev–Trinajstić information content (AvgIpc) is 3.23. The molecule has 1 N–H and O–H groups in total. The molecule has 0 aliphatic carbocycles. The maximum atomic E-state index is 13.0. The fourth-order valence-corrected chi connectivity index (χ4v) is 5.39. The molecule has 2 aromatic carbocycles. The number of nitrogens with zero attached hydrogens (tertiary/aromatic N) is 2. The molecule has 1 aliphatic heterocycles. The zero-order valence-corrected chi connectivity index (χ0v) is 18.2. The lowest BCUT2D eigenvalue weighted by molar-refractivity contribution is 0.102. The van der Waals surface area contributed by atoms with Gasteiger partial charge in [0.05, 0.1) is 23.5 Å². The Bertz CT molecular complexity index is 1020. The Hall–Kier alpha value is -2.29. The number of ether oxygens (including phenoxy) is 1. The average molecular weight is 438 g/mol. The number of sulfonamides is 1. The predicted molar refractivity (Wildman–Crippen MR) is 115 cm³/mol. The number of para-hydroxylation sites is 1. The summed E-state index contributed by atoms with van der Waals surface area (Å²) in [4.78, 5) is 14.7. The highest BCUT2D eigenvalue weighted by Crippen LogP contribution is 2.34. The lowest BCUT2D eigenvalue weighted by atomic mass is 10.2. The molecule has 1 aliphatic rings. The predicted octanol–water partition coefficient (Wildman–Crippen LogP) is 3.45. The second kappa shape index (κ2) is 8.61. The van der Waals surface area contributed by atoms with E-state index in [1.807, 2.05) is 14.1 Å². The first-order valence-corrected chi connectivity index (χ1v) is 11.0. The number of hydrogen-bond acceptors (Lipinski definition) is 5. The molecule has 156 valence electrons. The molecule has 0 bridgehead atoms. The minimum atomic E-state index is -3.74. The van der Waals surface area contributed by atoms with E-state index in [0.717, 1.165) is 12.8 Å². The van der Waals surface area contributed by atoms with Gasteiger partial charge in [0, 0.05) is 32.7 Å². The molecule has 0 aromatic heterocycles. The number of halogens is 1. The smallest absolute Gasteiger partial charge is 0.255 e. The minimum Gasteiger partial charge on any atom is -0.495 e. The van der Waals surface area contributed by atoms with Gasteiger partial charge in [-0.2, -0.15) is 4.31 Å². The first-order chi connectivity index (χ1) is 13.8. The quantitative estimate of drug-likeness (QED) is 0.748. The van der Waals surface area contributed by atoms with Crippen LogP contribution in [0.5, 0.6) is 5.75 Å². The van der Waals surface area contributed by atoms with Crippen LogP contribution in [0.4, 0.5) is 11.4 Å². The number of nitrogens with one attached hydrogen (secondary N) is 1. The summed E-state index contributed by atoms with van der Waals surface area (Å²) >= 11 is 6.26. The Labute approximate surface area is 176 Å². The molecule has 1 heterocycles. The highest BCUT2D eigenvalue weighted by atomic mass is 35.5. The van der Waals surface area contributed by atoms with Gasteiger partial charge in [-0.3, -0.25) is 4.79 Å². The van der Waals surface area contributed by atoms with Crippen molar-refractivity contribution in [3.05, 3.63) is 47.0 Å². The van der Waals surface area contributed by atoms with Crippen LogP contribution in [0, 0.1) is 0 Å². The van der Waals surface area contributed by atoms with Crippen LogP contribution in [0.3, 0.4) is 0 Å². The van der Waals surface area contributed by atoms with Crippen molar-refractivity contribution >= 4 is 38.9 Å². The fraction of sp³-hybridized carbons (Fsp3) is 0.350. The van der Waals surface area contributed by atoms with Crippen LogP contribution >= 0.6 is 11.6 Å². The molecular weight excluding hydrogens is 414 g/mol. The van der Waals surface area contributed by atoms with Gasteiger partial charge in [-0.25, -0.2) is 8.42 Å². The van der Waals surface area contributed by atoms with E-state index in [0.29, 0.717) is 29.5 Å². The van der Waals surface area contributed by atoms with Gasteiger partial charge < -0.3 is 15.0 Å². The molecule has 3 rings (SSSR count). The number of methoxy groups -OCH3 is 1. The standard InChI is InChI=1S/C20H24ClN3O4S/c1-23(2)19-15(21)7-6-8-16(19)22-20(25)14-9-10-17(28-3)18(13-14)29(26,27)24-11-4-5-12-24/h6-10,13H,4-5,11-12H2,1-3H3,(H,22,25). The molecule has 0 radical (unpaired) electrons. The molecule has 1 fully saturated rings. The molecule has 1 saturated heterocycles. The van der Waals surface area contributed by atoms with Crippen LogP contribution in [-0.2, 0) is 10.0 Å². The molecule has 0 atom stereocenters. The van der Waals surface area contributed by atoms with Crippen molar-refractivity contribution in [1.29, 1.82) is 0 Å². The number of amides is 1. The molecule has 2 aromatic rings. The van der Waals surface area contributed by atoms with Crippen molar-refractivity contribution in [2.24, 2.45) is 0 Å². The van der Waals surface area contributed by atoms with Gasteiger partial charge in [0.1, 0.15) is 10.6 Å². The van der Waals surface area contributed by atoms with Gasteiger partial charge in [-0.1, -0.05) is 17.7 Å². The first kappa shape index (κ1) is 21.4. The third kappa shape index (κ3) is 4.34. The number of carbonyl (C=O) groups excluding carboxylic acids is 1. The molecule has 9 heteroatoms. The third-order valence-corrected chi connectivity index (χ3v) is 7.02. The minimum absolute atomic E-state index is 0.00604. The number of carbonyl (C=O) groups is 1. The lowest BCUT2D eigenvalue weighted by Gasteiger charge is -2.20. The molecule has 7 nitrogen and oxygen atoms in total. The van der Waals surface area contributed by atoms with Gasteiger partial charge in [0.15, 0.2) is 0 Å². The summed E-state index contributed by atoms with van der Waals surface area (Å²) in [5, 5.41) is 3.32. The van der Waals surface area contributed by atoms with Crippen LogP contribution in [-0.4, -0.2) is 52.9 Å². The van der Waals surface area contributed by atoms with E-state index in [9.17, 15) is 13.2 Å². The summed E-state index contributed by atoms with van der Waals surface area (Å²) in [5.41, 5.74) is 1.42. The van der Waals surface area contributed by atoms with Crippen molar-refractivity contribution in [1.82, 2.24) is 4.31 Å². The first-order valence-electron chi connectivity index (χ1n) is 9.21. The van der Waals surface area contributed by atoms with Crippen LogP contribution in [0.25, 0.3) is 0 Å². The number of anilines is 2. The van der Waals surface area contributed by atoms with Crippen LogP contribution < -0.4 is 15.0 Å². The summed E-state index contributed by atoms with van der Waals surface area (Å²) in [6.45, 7) is 0.938. The topological polar surface area (TPSA) is 79.0 Å². The number of hydrogen-bond donors (Lipinski definition) is 1. The van der Waals surface area contributed by atoms with Gasteiger partial charge in [0.25, 0.3) is 5.91 Å². The van der Waals surface area contributed by atoms with E-state index in [1.165, 1.54) is 29.6 Å². The zero-order chi connectivity index (χ0) is 21.2. The van der Waals surface area contributed by atoms with E-state index >= 15 is 0 Å². The van der Waals surface area contributed by atoms with E-state index in [1.54, 1.807) is 23.1 Å². The number of rotatable bonds is 6. The van der Waals surface area contributed by atoms with E-state index in [4.69, 9.17) is 16.3 Å². The second-order valence-corrected chi connectivity index (χ2v) is 9.27. The van der Waals surface area contributed by atoms with Crippen molar-refractivity contribution < 1.29 is 17.9 Å². The molecule has 0 unspecified atom stereocenters. The Morgan fingerprint density at radius 1 is 1.17 bits per heavy atom. The van der Waals surface area contributed by atoms with Crippen molar-refractivity contribution in [2.75, 3.05) is 44.5 Å². The lowest BCUT2D eigenvalue weighted by Crippen LogP contribution is -2.28. The van der Waals surface area contributed by atoms with Crippen LogP contribution in [0.1, 0.15) is 23.2 Å². The molecule has 0 spiro atoms. The van der Waals surface area contributed by atoms with E-state index in [-0.39, 0.29) is 16.2 Å². The molecule has 29 heavy (non-hydrogen) atoms.